The van der Waals surface area contributed by atoms with Crippen molar-refractivity contribution in [3.63, 3.8) is 0 Å². The van der Waals surface area contributed by atoms with Crippen molar-refractivity contribution in [2.45, 2.75) is 44.3 Å². The molecule has 0 bridgehead atoms. The van der Waals surface area contributed by atoms with Gasteiger partial charge in [-0.05, 0) is 44.2 Å². The molecule has 0 radical (unpaired) electrons. The van der Waals surface area contributed by atoms with Gasteiger partial charge >= 0.3 is 0 Å². The minimum atomic E-state index is 0.0543. The topological polar surface area (TPSA) is 53.3 Å². The number of carbonyl (C=O) groups is 1. The standard InChI is InChI=1S/C15H18N2O2S/c16-10-13-4-5-14(20-13)15(18)17-8-6-12(7-9-17)19-11-2-1-3-11/h4-5,11-12H,1-3,6-9H2. The van der Waals surface area contributed by atoms with E-state index in [1.807, 2.05) is 4.90 Å². The average Bonchev–Trinajstić information content (AvgIpc) is 2.92. The number of hydrogen-bond acceptors (Lipinski definition) is 4. The molecule has 0 atom stereocenters. The first kappa shape index (κ1) is 13.6. The summed E-state index contributed by atoms with van der Waals surface area (Å²) >= 11 is 1.28. The van der Waals surface area contributed by atoms with Gasteiger partial charge in [-0.3, -0.25) is 4.79 Å². The molecule has 0 spiro atoms. The summed E-state index contributed by atoms with van der Waals surface area (Å²) in [4.78, 5) is 15.5. The molecule has 1 aromatic heterocycles. The lowest BCUT2D eigenvalue weighted by molar-refractivity contribution is -0.0705. The van der Waals surface area contributed by atoms with E-state index in [1.54, 1.807) is 12.1 Å². The second kappa shape index (κ2) is 5.94. The van der Waals surface area contributed by atoms with Crippen molar-refractivity contribution in [3.05, 3.63) is 21.9 Å². The highest BCUT2D eigenvalue weighted by Gasteiger charge is 2.28. The summed E-state index contributed by atoms with van der Waals surface area (Å²) in [5, 5.41) is 8.81. The SMILES string of the molecule is N#Cc1ccc(C(=O)N2CCC(OC3CCC3)CC2)s1. The fourth-order valence-electron chi connectivity index (χ4n) is 2.64. The van der Waals surface area contributed by atoms with Crippen molar-refractivity contribution in [1.82, 2.24) is 4.90 Å². The van der Waals surface area contributed by atoms with E-state index < -0.39 is 0 Å². The van der Waals surface area contributed by atoms with E-state index in [4.69, 9.17) is 10.00 Å². The molecular weight excluding hydrogens is 272 g/mol. The fourth-order valence-corrected chi connectivity index (χ4v) is 3.41. The van der Waals surface area contributed by atoms with Gasteiger partial charge in [-0.2, -0.15) is 5.26 Å². The lowest BCUT2D eigenvalue weighted by Crippen LogP contribution is -2.42. The number of nitriles is 1. The number of carbonyl (C=O) groups excluding carboxylic acids is 1. The quantitative estimate of drug-likeness (QED) is 0.860. The summed E-state index contributed by atoms with van der Waals surface area (Å²) in [6, 6.07) is 5.54. The highest BCUT2D eigenvalue weighted by atomic mass is 32.1. The van der Waals surface area contributed by atoms with Gasteiger partial charge in [-0.15, -0.1) is 11.3 Å². The van der Waals surface area contributed by atoms with Crippen molar-refractivity contribution in [2.75, 3.05) is 13.1 Å². The number of hydrogen-bond donors (Lipinski definition) is 0. The summed E-state index contributed by atoms with van der Waals surface area (Å²) in [6.07, 6.45) is 6.34. The second-order valence-corrected chi connectivity index (χ2v) is 6.54. The molecular formula is C15H18N2O2S. The van der Waals surface area contributed by atoms with Crippen LogP contribution in [-0.4, -0.2) is 36.1 Å². The van der Waals surface area contributed by atoms with E-state index in [0.717, 1.165) is 25.9 Å². The first-order valence-corrected chi connectivity index (χ1v) is 8.02. The van der Waals surface area contributed by atoms with Crippen molar-refractivity contribution >= 4 is 17.2 Å². The third-order valence-corrected chi connectivity index (χ3v) is 5.07. The highest BCUT2D eigenvalue weighted by molar-refractivity contribution is 7.14. The molecule has 1 saturated carbocycles. The van der Waals surface area contributed by atoms with Crippen LogP contribution < -0.4 is 0 Å². The zero-order valence-corrected chi connectivity index (χ0v) is 12.2. The zero-order valence-electron chi connectivity index (χ0n) is 11.4. The number of ether oxygens (including phenoxy) is 1. The first-order valence-electron chi connectivity index (χ1n) is 7.21. The molecule has 1 aromatic rings. The minimum absolute atomic E-state index is 0.0543. The predicted molar refractivity (Wildman–Crippen MR) is 76.7 cm³/mol. The number of likely N-dealkylation sites (tertiary alicyclic amines) is 1. The maximum atomic E-state index is 12.3. The number of rotatable bonds is 3. The van der Waals surface area contributed by atoms with Crippen molar-refractivity contribution in [1.29, 1.82) is 5.26 Å². The molecule has 1 saturated heterocycles. The maximum Gasteiger partial charge on any atom is 0.263 e. The Labute approximate surface area is 123 Å². The van der Waals surface area contributed by atoms with Crippen LogP contribution in [0.1, 0.15) is 46.7 Å². The van der Waals surface area contributed by atoms with E-state index in [9.17, 15) is 4.79 Å². The van der Waals surface area contributed by atoms with Crippen LogP contribution in [0, 0.1) is 11.3 Å². The minimum Gasteiger partial charge on any atom is -0.375 e. The number of thiophene rings is 1. The molecule has 0 aromatic carbocycles. The van der Waals surface area contributed by atoms with Crippen LogP contribution in [0.25, 0.3) is 0 Å². The Morgan fingerprint density at radius 2 is 1.95 bits per heavy atom. The van der Waals surface area contributed by atoms with Crippen LogP contribution in [0.4, 0.5) is 0 Å². The van der Waals surface area contributed by atoms with Gasteiger partial charge in [-0.25, -0.2) is 0 Å². The summed E-state index contributed by atoms with van der Waals surface area (Å²) in [7, 11) is 0. The Morgan fingerprint density at radius 1 is 1.25 bits per heavy atom. The summed E-state index contributed by atoms with van der Waals surface area (Å²) < 4.78 is 6.00. The van der Waals surface area contributed by atoms with Crippen LogP contribution in [-0.2, 0) is 4.74 Å². The molecule has 1 aliphatic carbocycles. The highest BCUT2D eigenvalue weighted by Crippen LogP contribution is 2.27. The smallest absolute Gasteiger partial charge is 0.263 e. The Hall–Kier alpha value is -1.38. The third kappa shape index (κ3) is 2.87. The normalized spacial score (nSPS) is 20.4. The lowest BCUT2D eigenvalue weighted by atomic mass is 9.95. The molecule has 2 fully saturated rings. The van der Waals surface area contributed by atoms with E-state index in [1.165, 1.54) is 30.6 Å². The largest absolute Gasteiger partial charge is 0.375 e. The van der Waals surface area contributed by atoms with Crippen LogP contribution in [0.3, 0.4) is 0 Å². The van der Waals surface area contributed by atoms with Gasteiger partial charge in [0.25, 0.3) is 5.91 Å². The van der Waals surface area contributed by atoms with Gasteiger partial charge in [0.15, 0.2) is 0 Å². The number of piperidine rings is 1. The Balaban J connectivity index is 1.52. The van der Waals surface area contributed by atoms with Gasteiger partial charge in [0.05, 0.1) is 17.1 Å². The second-order valence-electron chi connectivity index (χ2n) is 5.46. The molecule has 1 amide bonds. The molecule has 2 heterocycles. The van der Waals surface area contributed by atoms with Crippen LogP contribution in [0.5, 0.6) is 0 Å². The van der Waals surface area contributed by atoms with E-state index >= 15 is 0 Å². The van der Waals surface area contributed by atoms with E-state index in [0.29, 0.717) is 22.0 Å². The lowest BCUT2D eigenvalue weighted by Gasteiger charge is -2.36. The molecule has 20 heavy (non-hydrogen) atoms. The Morgan fingerprint density at radius 3 is 2.50 bits per heavy atom. The summed E-state index contributed by atoms with van der Waals surface area (Å²) in [5.41, 5.74) is 0. The molecule has 0 unspecified atom stereocenters. The van der Waals surface area contributed by atoms with Gasteiger partial charge in [0, 0.05) is 13.1 Å². The molecule has 5 heteroatoms. The van der Waals surface area contributed by atoms with Gasteiger partial charge < -0.3 is 9.64 Å². The average molecular weight is 290 g/mol. The zero-order chi connectivity index (χ0) is 13.9. The third-order valence-electron chi connectivity index (χ3n) is 4.09. The van der Waals surface area contributed by atoms with Gasteiger partial charge in [0.1, 0.15) is 10.9 Å². The van der Waals surface area contributed by atoms with Crippen molar-refractivity contribution in [2.24, 2.45) is 0 Å². The monoisotopic (exact) mass is 290 g/mol. The Bertz CT molecular complexity index is 522. The van der Waals surface area contributed by atoms with Gasteiger partial charge in [0.2, 0.25) is 0 Å². The molecule has 2 aliphatic rings. The van der Waals surface area contributed by atoms with E-state index in [2.05, 4.69) is 6.07 Å². The molecule has 3 rings (SSSR count). The number of amides is 1. The van der Waals surface area contributed by atoms with E-state index in [-0.39, 0.29) is 5.91 Å². The van der Waals surface area contributed by atoms with Crippen LogP contribution in [0.15, 0.2) is 12.1 Å². The molecule has 1 aliphatic heterocycles. The molecule has 4 nitrogen and oxygen atoms in total. The maximum absolute atomic E-state index is 12.3. The van der Waals surface area contributed by atoms with Crippen LogP contribution >= 0.6 is 11.3 Å². The van der Waals surface area contributed by atoms with Crippen LogP contribution in [0.2, 0.25) is 0 Å². The van der Waals surface area contributed by atoms with Gasteiger partial charge in [-0.1, -0.05) is 0 Å². The number of nitrogens with zero attached hydrogens (tertiary/aromatic N) is 2. The summed E-state index contributed by atoms with van der Waals surface area (Å²) in [6.45, 7) is 1.52. The molecule has 106 valence electrons. The summed E-state index contributed by atoms with van der Waals surface area (Å²) in [5.74, 6) is 0.0543. The predicted octanol–water partition coefficient (Wildman–Crippen LogP) is 2.79. The molecule has 0 N–H and O–H groups in total. The Kier molecular flexibility index (Phi) is 4.04. The van der Waals surface area contributed by atoms with Crippen molar-refractivity contribution in [3.8, 4) is 6.07 Å². The first-order chi connectivity index (χ1) is 9.76. The van der Waals surface area contributed by atoms with Crippen molar-refractivity contribution < 1.29 is 9.53 Å². The fraction of sp³-hybridized carbons (Fsp3) is 0.600.